The Morgan fingerprint density at radius 3 is 2.84 bits per heavy atom. The molecule has 2 aromatic carbocycles. The molecule has 0 aromatic heterocycles. The van der Waals surface area contributed by atoms with Crippen LogP contribution in [0, 0.1) is 6.07 Å². The van der Waals surface area contributed by atoms with Crippen molar-refractivity contribution >= 4 is 23.2 Å². The van der Waals surface area contributed by atoms with E-state index >= 15 is 0 Å². The molecular weight excluding hydrogens is 283 g/mol. The topological polar surface area (TPSA) is 18.5 Å². The van der Waals surface area contributed by atoms with E-state index in [1.807, 2.05) is 18.2 Å². The first-order valence-electron chi connectivity index (χ1n) is 5.82. The summed E-state index contributed by atoms with van der Waals surface area (Å²) >= 11 is 12.1. The van der Waals surface area contributed by atoms with Crippen LogP contribution < -0.4 is 9.47 Å². The van der Waals surface area contributed by atoms with Gasteiger partial charge >= 0.3 is 0 Å². The van der Waals surface area contributed by atoms with Gasteiger partial charge in [-0.2, -0.15) is 0 Å². The molecule has 4 heteroatoms. The molecular formula is C15H13Cl2O2. The lowest BCUT2D eigenvalue weighted by molar-refractivity contribution is 0.318. The van der Waals surface area contributed by atoms with E-state index in [-0.39, 0.29) is 0 Å². The molecule has 0 heterocycles. The van der Waals surface area contributed by atoms with Crippen molar-refractivity contribution in [2.45, 2.75) is 6.42 Å². The zero-order chi connectivity index (χ0) is 13.7. The highest BCUT2D eigenvalue weighted by Gasteiger charge is 2.04. The van der Waals surface area contributed by atoms with Crippen LogP contribution in [0.5, 0.6) is 11.5 Å². The maximum absolute atomic E-state index is 6.11. The summed E-state index contributed by atoms with van der Waals surface area (Å²) in [6.45, 7) is 0.504. The van der Waals surface area contributed by atoms with E-state index in [2.05, 4.69) is 6.07 Å². The second-order valence-electron chi connectivity index (χ2n) is 3.90. The number of ether oxygens (including phenoxy) is 2. The van der Waals surface area contributed by atoms with Gasteiger partial charge in [0.1, 0.15) is 11.5 Å². The Kier molecular flexibility index (Phi) is 4.94. The third-order valence-corrected chi connectivity index (χ3v) is 3.50. The first kappa shape index (κ1) is 14.0. The zero-order valence-electron chi connectivity index (χ0n) is 10.5. The van der Waals surface area contributed by atoms with Gasteiger partial charge in [-0.15, -0.1) is 0 Å². The van der Waals surface area contributed by atoms with Crippen LogP contribution in [0.15, 0.2) is 36.4 Å². The van der Waals surface area contributed by atoms with Crippen molar-refractivity contribution in [1.82, 2.24) is 0 Å². The average molecular weight is 296 g/mol. The Balaban J connectivity index is 1.94. The van der Waals surface area contributed by atoms with Gasteiger partial charge in [-0.1, -0.05) is 35.3 Å². The highest BCUT2D eigenvalue weighted by molar-refractivity contribution is 6.42. The standard InChI is InChI=1S/C15H13Cl2O2/c1-18-12-5-3-6-13(10-12)19-9-8-11-4-2-7-14(16)15(11)17/h2-5,7,10H,8-9H2,1H3. The molecule has 1 radical (unpaired) electrons. The van der Waals surface area contributed by atoms with Crippen molar-refractivity contribution in [2.75, 3.05) is 13.7 Å². The van der Waals surface area contributed by atoms with E-state index in [0.717, 1.165) is 11.3 Å². The minimum atomic E-state index is 0.504. The van der Waals surface area contributed by atoms with E-state index in [9.17, 15) is 0 Å². The summed E-state index contributed by atoms with van der Waals surface area (Å²) < 4.78 is 10.7. The molecule has 19 heavy (non-hydrogen) atoms. The molecule has 0 spiro atoms. The lowest BCUT2D eigenvalue weighted by Gasteiger charge is -2.09. The summed E-state index contributed by atoms with van der Waals surface area (Å²) in [6, 6.07) is 14.0. The minimum Gasteiger partial charge on any atom is -0.497 e. The van der Waals surface area contributed by atoms with Crippen LogP contribution in [-0.4, -0.2) is 13.7 Å². The first-order chi connectivity index (χ1) is 9.20. The molecule has 0 aliphatic carbocycles. The quantitative estimate of drug-likeness (QED) is 0.813. The molecule has 0 amide bonds. The molecule has 0 aliphatic rings. The molecule has 0 aliphatic heterocycles. The predicted octanol–water partition coefficient (Wildman–Crippen LogP) is 4.42. The normalized spacial score (nSPS) is 10.3. The fraction of sp³-hybridized carbons (Fsp3) is 0.200. The van der Waals surface area contributed by atoms with E-state index in [1.54, 1.807) is 25.3 Å². The van der Waals surface area contributed by atoms with Gasteiger partial charge in [0.05, 0.1) is 23.8 Å². The molecule has 0 saturated heterocycles. The predicted molar refractivity (Wildman–Crippen MR) is 77.5 cm³/mol. The van der Waals surface area contributed by atoms with E-state index < -0.39 is 0 Å². The van der Waals surface area contributed by atoms with E-state index in [4.69, 9.17) is 32.7 Å². The molecule has 2 nitrogen and oxygen atoms in total. The second-order valence-corrected chi connectivity index (χ2v) is 4.69. The monoisotopic (exact) mass is 295 g/mol. The zero-order valence-corrected chi connectivity index (χ0v) is 12.0. The first-order valence-corrected chi connectivity index (χ1v) is 6.57. The van der Waals surface area contributed by atoms with Gasteiger partial charge in [-0.05, 0) is 23.8 Å². The van der Waals surface area contributed by atoms with Crippen LogP contribution in [0.4, 0.5) is 0 Å². The van der Waals surface area contributed by atoms with Gasteiger partial charge < -0.3 is 9.47 Å². The molecule has 0 unspecified atom stereocenters. The van der Waals surface area contributed by atoms with Crippen LogP contribution in [-0.2, 0) is 6.42 Å². The number of benzene rings is 2. The smallest absolute Gasteiger partial charge is 0.130 e. The number of halogens is 2. The average Bonchev–Trinajstić information content (AvgIpc) is 2.44. The van der Waals surface area contributed by atoms with E-state index in [0.29, 0.717) is 28.8 Å². The minimum absolute atomic E-state index is 0.504. The Labute approximate surface area is 122 Å². The maximum atomic E-state index is 6.11. The summed E-state index contributed by atoms with van der Waals surface area (Å²) in [7, 11) is 1.62. The molecule has 0 saturated carbocycles. The summed E-state index contributed by atoms with van der Waals surface area (Å²) in [4.78, 5) is 0. The van der Waals surface area contributed by atoms with Gasteiger partial charge in [-0.3, -0.25) is 0 Å². The fourth-order valence-corrected chi connectivity index (χ4v) is 2.06. The Hall–Kier alpha value is -1.38. The Morgan fingerprint density at radius 1 is 1.21 bits per heavy atom. The number of hydrogen-bond donors (Lipinski definition) is 0. The number of methoxy groups -OCH3 is 1. The third kappa shape index (κ3) is 3.79. The van der Waals surface area contributed by atoms with Crippen molar-refractivity contribution < 1.29 is 9.47 Å². The third-order valence-electron chi connectivity index (χ3n) is 2.64. The van der Waals surface area contributed by atoms with Gasteiger partial charge in [-0.25, -0.2) is 0 Å². The number of hydrogen-bond acceptors (Lipinski definition) is 2. The van der Waals surface area contributed by atoms with Gasteiger partial charge in [0, 0.05) is 18.6 Å². The van der Waals surface area contributed by atoms with Crippen molar-refractivity contribution in [2.24, 2.45) is 0 Å². The van der Waals surface area contributed by atoms with E-state index in [1.165, 1.54) is 0 Å². The molecule has 2 rings (SSSR count). The van der Waals surface area contributed by atoms with Crippen LogP contribution in [0.1, 0.15) is 5.56 Å². The van der Waals surface area contributed by atoms with Crippen molar-refractivity contribution in [3.63, 3.8) is 0 Å². The fourth-order valence-electron chi connectivity index (χ4n) is 1.65. The highest BCUT2D eigenvalue weighted by atomic mass is 35.5. The Morgan fingerprint density at radius 2 is 2.05 bits per heavy atom. The van der Waals surface area contributed by atoms with Gasteiger partial charge in [0.15, 0.2) is 0 Å². The summed E-state index contributed by atoms with van der Waals surface area (Å²) in [6.07, 6.45) is 0.685. The second kappa shape index (κ2) is 6.69. The number of rotatable bonds is 5. The summed E-state index contributed by atoms with van der Waals surface area (Å²) in [5, 5.41) is 1.15. The molecule has 0 atom stereocenters. The van der Waals surface area contributed by atoms with Crippen LogP contribution in [0.25, 0.3) is 0 Å². The van der Waals surface area contributed by atoms with Crippen molar-refractivity contribution in [3.05, 3.63) is 58.1 Å². The van der Waals surface area contributed by atoms with Crippen molar-refractivity contribution in [3.8, 4) is 11.5 Å². The van der Waals surface area contributed by atoms with Crippen LogP contribution in [0.3, 0.4) is 0 Å². The highest BCUT2D eigenvalue weighted by Crippen LogP contribution is 2.26. The van der Waals surface area contributed by atoms with Gasteiger partial charge in [0.25, 0.3) is 0 Å². The molecule has 0 fully saturated rings. The Bertz CT molecular complexity index is 556. The lowest BCUT2D eigenvalue weighted by atomic mass is 10.1. The molecule has 2 aromatic rings. The van der Waals surface area contributed by atoms with Crippen LogP contribution in [0.2, 0.25) is 10.0 Å². The van der Waals surface area contributed by atoms with Crippen LogP contribution >= 0.6 is 23.2 Å². The largest absolute Gasteiger partial charge is 0.497 e. The molecule has 0 bridgehead atoms. The molecule has 99 valence electrons. The summed E-state index contributed by atoms with van der Waals surface area (Å²) in [5.74, 6) is 1.40. The van der Waals surface area contributed by atoms with Gasteiger partial charge in [0.2, 0.25) is 0 Å². The SMILES string of the molecule is COc1cc[c]c(OCCc2cccc(Cl)c2Cl)c1. The maximum Gasteiger partial charge on any atom is 0.130 e. The summed E-state index contributed by atoms with van der Waals surface area (Å²) in [5.41, 5.74) is 0.970. The lowest BCUT2D eigenvalue weighted by Crippen LogP contribution is -2.02. The van der Waals surface area contributed by atoms with Crippen molar-refractivity contribution in [1.29, 1.82) is 0 Å². The molecule has 0 N–H and O–H groups in total.